The van der Waals surface area contributed by atoms with Crippen LogP contribution in [0.4, 0.5) is 0 Å². The van der Waals surface area contributed by atoms with E-state index >= 15 is 0 Å². The Morgan fingerprint density at radius 2 is 2.38 bits per heavy atom. The molecule has 1 aliphatic rings. The number of nitrogens with one attached hydrogen (secondary N) is 1. The molecule has 0 aromatic carbocycles. The van der Waals surface area contributed by atoms with E-state index in [2.05, 4.69) is 5.32 Å². The molecule has 0 bridgehead atoms. The van der Waals surface area contributed by atoms with Crippen LogP contribution in [0.1, 0.15) is 6.92 Å². The summed E-state index contributed by atoms with van der Waals surface area (Å²) in [7, 11) is 0. The average Bonchev–Trinajstić information content (AvgIpc) is 1.64. The maximum Gasteiger partial charge on any atom is 0.190 e. The highest BCUT2D eigenvalue weighted by Gasteiger charge is 2.34. The Labute approximate surface area is 48.7 Å². The van der Waals surface area contributed by atoms with Crippen LogP contribution in [-0.2, 0) is 4.74 Å². The van der Waals surface area contributed by atoms with Crippen LogP contribution < -0.4 is 5.32 Å². The SMILES string of the molecule is CCOC1(O)CNC1. The molecule has 0 aromatic rings. The molecule has 1 aliphatic heterocycles. The third-order valence-corrected chi connectivity index (χ3v) is 1.22. The number of ether oxygens (including phenoxy) is 1. The van der Waals surface area contributed by atoms with Gasteiger partial charge in [0.05, 0.1) is 13.1 Å². The highest BCUT2D eigenvalue weighted by atomic mass is 16.6. The fourth-order valence-electron chi connectivity index (χ4n) is 0.710. The molecule has 3 heteroatoms. The maximum atomic E-state index is 9.13. The lowest BCUT2D eigenvalue weighted by molar-refractivity contribution is -0.226. The lowest BCUT2D eigenvalue weighted by Crippen LogP contribution is -2.61. The first-order valence-corrected chi connectivity index (χ1v) is 2.84. The Kier molecular flexibility index (Phi) is 1.51. The zero-order valence-corrected chi connectivity index (χ0v) is 4.98. The number of β-amino-alcohol motifs (C(OH)–C–C–N with tert-alkyl or cyclic N) is 1. The Morgan fingerprint density at radius 3 is 2.50 bits per heavy atom. The largest absolute Gasteiger partial charge is 0.363 e. The fourth-order valence-corrected chi connectivity index (χ4v) is 0.710. The molecule has 1 heterocycles. The van der Waals surface area contributed by atoms with Gasteiger partial charge in [0.25, 0.3) is 0 Å². The third-order valence-electron chi connectivity index (χ3n) is 1.22. The summed E-state index contributed by atoms with van der Waals surface area (Å²) in [6, 6.07) is 0. The second kappa shape index (κ2) is 2.01. The van der Waals surface area contributed by atoms with Crippen LogP contribution in [0.25, 0.3) is 0 Å². The molecule has 1 rings (SSSR count). The van der Waals surface area contributed by atoms with Gasteiger partial charge in [-0.05, 0) is 6.92 Å². The molecule has 48 valence electrons. The first-order chi connectivity index (χ1) is 3.77. The Morgan fingerprint density at radius 1 is 1.75 bits per heavy atom. The van der Waals surface area contributed by atoms with E-state index in [0.29, 0.717) is 19.7 Å². The normalized spacial score (nSPS) is 24.8. The van der Waals surface area contributed by atoms with Crippen LogP contribution in [-0.4, -0.2) is 30.6 Å². The smallest absolute Gasteiger partial charge is 0.190 e. The minimum atomic E-state index is -0.839. The number of aliphatic hydroxyl groups is 1. The molecule has 0 radical (unpaired) electrons. The summed E-state index contributed by atoms with van der Waals surface area (Å²) < 4.78 is 4.96. The van der Waals surface area contributed by atoms with E-state index in [1.165, 1.54) is 0 Å². The molecule has 1 saturated heterocycles. The molecular weight excluding hydrogens is 106 g/mol. The summed E-state index contributed by atoms with van der Waals surface area (Å²) in [5.74, 6) is -0.839. The van der Waals surface area contributed by atoms with Crippen molar-refractivity contribution in [3.63, 3.8) is 0 Å². The number of hydrogen-bond donors (Lipinski definition) is 2. The minimum Gasteiger partial charge on any atom is -0.363 e. The van der Waals surface area contributed by atoms with E-state index in [1.807, 2.05) is 6.92 Å². The van der Waals surface area contributed by atoms with Crippen molar-refractivity contribution in [1.29, 1.82) is 0 Å². The van der Waals surface area contributed by atoms with Gasteiger partial charge in [0, 0.05) is 6.61 Å². The lowest BCUT2D eigenvalue weighted by Gasteiger charge is -2.36. The molecule has 0 atom stereocenters. The summed E-state index contributed by atoms with van der Waals surface area (Å²) in [5.41, 5.74) is 0. The van der Waals surface area contributed by atoms with Crippen molar-refractivity contribution in [1.82, 2.24) is 5.32 Å². The molecule has 0 aromatic heterocycles. The highest BCUT2D eigenvalue weighted by Crippen LogP contribution is 2.10. The summed E-state index contributed by atoms with van der Waals surface area (Å²) >= 11 is 0. The first kappa shape index (κ1) is 6.01. The van der Waals surface area contributed by atoms with Gasteiger partial charge < -0.3 is 15.2 Å². The van der Waals surface area contributed by atoms with Gasteiger partial charge in [-0.25, -0.2) is 0 Å². The molecule has 0 aliphatic carbocycles. The Balaban J connectivity index is 2.20. The topological polar surface area (TPSA) is 41.5 Å². The second-order valence-corrected chi connectivity index (χ2v) is 1.98. The van der Waals surface area contributed by atoms with Crippen molar-refractivity contribution in [2.24, 2.45) is 0 Å². The molecule has 0 unspecified atom stereocenters. The maximum absolute atomic E-state index is 9.13. The Hall–Kier alpha value is -0.120. The Bertz CT molecular complexity index is 80.5. The van der Waals surface area contributed by atoms with E-state index in [1.54, 1.807) is 0 Å². The van der Waals surface area contributed by atoms with Gasteiger partial charge in [0.1, 0.15) is 0 Å². The summed E-state index contributed by atoms with van der Waals surface area (Å²) in [4.78, 5) is 0. The van der Waals surface area contributed by atoms with Crippen LogP contribution in [0, 0.1) is 0 Å². The highest BCUT2D eigenvalue weighted by molar-refractivity contribution is 4.82. The summed E-state index contributed by atoms with van der Waals surface area (Å²) in [6.45, 7) is 3.59. The van der Waals surface area contributed by atoms with E-state index in [0.717, 1.165) is 0 Å². The number of rotatable bonds is 2. The number of hydrogen-bond acceptors (Lipinski definition) is 3. The van der Waals surface area contributed by atoms with E-state index < -0.39 is 5.79 Å². The van der Waals surface area contributed by atoms with Gasteiger partial charge in [-0.3, -0.25) is 0 Å². The van der Waals surface area contributed by atoms with Crippen molar-refractivity contribution in [3.05, 3.63) is 0 Å². The van der Waals surface area contributed by atoms with Gasteiger partial charge in [-0.2, -0.15) is 0 Å². The van der Waals surface area contributed by atoms with Crippen molar-refractivity contribution >= 4 is 0 Å². The molecule has 3 nitrogen and oxygen atoms in total. The molecule has 0 saturated carbocycles. The quantitative estimate of drug-likeness (QED) is 0.471. The average molecular weight is 117 g/mol. The predicted octanol–water partition coefficient (Wildman–Crippen LogP) is -0.685. The van der Waals surface area contributed by atoms with Crippen LogP contribution in [0.2, 0.25) is 0 Å². The zero-order valence-electron chi connectivity index (χ0n) is 4.98. The zero-order chi connectivity index (χ0) is 6.04. The van der Waals surface area contributed by atoms with Gasteiger partial charge in [0.15, 0.2) is 5.79 Å². The van der Waals surface area contributed by atoms with Crippen LogP contribution in [0.5, 0.6) is 0 Å². The van der Waals surface area contributed by atoms with Crippen LogP contribution in [0.15, 0.2) is 0 Å². The molecular formula is C5H11NO2. The molecule has 8 heavy (non-hydrogen) atoms. The van der Waals surface area contributed by atoms with Gasteiger partial charge in [-0.15, -0.1) is 0 Å². The van der Waals surface area contributed by atoms with Crippen molar-refractivity contribution in [3.8, 4) is 0 Å². The second-order valence-electron chi connectivity index (χ2n) is 1.98. The van der Waals surface area contributed by atoms with Crippen LogP contribution in [0.3, 0.4) is 0 Å². The molecule has 2 N–H and O–H groups in total. The first-order valence-electron chi connectivity index (χ1n) is 2.84. The van der Waals surface area contributed by atoms with E-state index in [9.17, 15) is 0 Å². The van der Waals surface area contributed by atoms with Gasteiger partial charge in [0.2, 0.25) is 0 Å². The monoisotopic (exact) mass is 117 g/mol. The van der Waals surface area contributed by atoms with E-state index in [-0.39, 0.29) is 0 Å². The van der Waals surface area contributed by atoms with Gasteiger partial charge >= 0.3 is 0 Å². The lowest BCUT2D eigenvalue weighted by atomic mass is 10.2. The standard InChI is InChI=1S/C5H11NO2/c1-2-8-5(7)3-6-4-5/h6-7H,2-4H2,1H3. The van der Waals surface area contributed by atoms with Gasteiger partial charge in [-0.1, -0.05) is 0 Å². The molecule has 1 fully saturated rings. The summed E-state index contributed by atoms with van der Waals surface area (Å²) in [6.07, 6.45) is 0. The van der Waals surface area contributed by atoms with Crippen molar-refractivity contribution in [2.45, 2.75) is 12.7 Å². The fraction of sp³-hybridized carbons (Fsp3) is 1.00. The van der Waals surface area contributed by atoms with Crippen LogP contribution >= 0.6 is 0 Å². The summed E-state index contributed by atoms with van der Waals surface area (Å²) in [5, 5.41) is 12.0. The van der Waals surface area contributed by atoms with E-state index in [4.69, 9.17) is 9.84 Å². The predicted molar refractivity (Wildman–Crippen MR) is 29.4 cm³/mol. The van der Waals surface area contributed by atoms with Crippen molar-refractivity contribution in [2.75, 3.05) is 19.7 Å². The third kappa shape index (κ3) is 0.992. The molecule has 0 amide bonds. The minimum absolute atomic E-state index is 0.570. The molecule has 0 spiro atoms. The van der Waals surface area contributed by atoms with Crippen molar-refractivity contribution < 1.29 is 9.84 Å².